The molecule has 1 heteroatoms. The summed E-state index contributed by atoms with van der Waals surface area (Å²) in [7, 11) is 2.09. The zero-order chi connectivity index (χ0) is 11.2. The van der Waals surface area contributed by atoms with Crippen LogP contribution in [0, 0.1) is 11.3 Å². The van der Waals surface area contributed by atoms with Gasteiger partial charge in [0.25, 0.3) is 0 Å². The van der Waals surface area contributed by atoms with Gasteiger partial charge in [0.05, 0.1) is 0 Å². The largest absolute Gasteiger partial charge is 0.317 e. The Morgan fingerprint density at radius 1 is 1.21 bits per heavy atom. The van der Waals surface area contributed by atoms with Gasteiger partial charge in [-0.05, 0) is 37.6 Å². The van der Waals surface area contributed by atoms with Crippen molar-refractivity contribution in [3.63, 3.8) is 0 Å². The van der Waals surface area contributed by atoms with Crippen molar-refractivity contribution in [3.05, 3.63) is 0 Å². The Labute approximate surface area is 90.7 Å². The monoisotopic (exact) mass is 199 g/mol. The van der Waals surface area contributed by atoms with Gasteiger partial charge in [0.1, 0.15) is 0 Å². The third kappa shape index (κ3) is 7.37. The van der Waals surface area contributed by atoms with Crippen LogP contribution in [0.2, 0.25) is 0 Å². The van der Waals surface area contributed by atoms with Crippen molar-refractivity contribution in [2.75, 3.05) is 7.05 Å². The van der Waals surface area contributed by atoms with Gasteiger partial charge in [-0.2, -0.15) is 0 Å². The second-order valence-electron chi connectivity index (χ2n) is 5.88. The van der Waals surface area contributed by atoms with Crippen LogP contribution in [0.25, 0.3) is 0 Å². The van der Waals surface area contributed by atoms with E-state index < -0.39 is 0 Å². The van der Waals surface area contributed by atoms with Crippen LogP contribution in [0.5, 0.6) is 0 Å². The van der Waals surface area contributed by atoms with Crippen LogP contribution in [0.15, 0.2) is 0 Å². The van der Waals surface area contributed by atoms with Gasteiger partial charge >= 0.3 is 0 Å². The van der Waals surface area contributed by atoms with E-state index in [-0.39, 0.29) is 0 Å². The molecule has 0 spiro atoms. The predicted octanol–water partition coefficient (Wildman–Crippen LogP) is 3.84. The molecule has 0 amide bonds. The number of nitrogens with one attached hydrogen (secondary N) is 1. The van der Waals surface area contributed by atoms with Crippen LogP contribution in [0.3, 0.4) is 0 Å². The Hall–Kier alpha value is -0.0400. The summed E-state index contributed by atoms with van der Waals surface area (Å²) in [6, 6.07) is 0.720. The first-order valence-electron chi connectivity index (χ1n) is 6.06. The van der Waals surface area contributed by atoms with Crippen molar-refractivity contribution in [1.82, 2.24) is 5.32 Å². The highest BCUT2D eigenvalue weighted by atomic mass is 14.9. The van der Waals surface area contributed by atoms with Crippen molar-refractivity contribution in [3.8, 4) is 0 Å². The highest BCUT2D eigenvalue weighted by Gasteiger charge is 2.17. The van der Waals surface area contributed by atoms with Gasteiger partial charge in [-0.25, -0.2) is 0 Å². The minimum absolute atomic E-state index is 0.476. The lowest BCUT2D eigenvalue weighted by atomic mass is 9.82. The molecule has 0 aromatic carbocycles. The molecule has 0 aromatic heterocycles. The molecule has 0 saturated carbocycles. The molecule has 2 unspecified atom stereocenters. The fourth-order valence-corrected chi connectivity index (χ4v) is 2.34. The van der Waals surface area contributed by atoms with Gasteiger partial charge in [-0.3, -0.25) is 0 Å². The average molecular weight is 199 g/mol. The molecule has 0 heterocycles. The number of rotatable bonds is 6. The van der Waals surface area contributed by atoms with Gasteiger partial charge in [0.15, 0.2) is 0 Å². The fraction of sp³-hybridized carbons (Fsp3) is 1.00. The normalized spacial score (nSPS) is 16.7. The van der Waals surface area contributed by atoms with Gasteiger partial charge in [-0.15, -0.1) is 0 Å². The molecule has 0 rings (SSSR count). The van der Waals surface area contributed by atoms with Gasteiger partial charge in [0.2, 0.25) is 0 Å². The van der Waals surface area contributed by atoms with Crippen molar-refractivity contribution in [2.45, 2.75) is 66.3 Å². The SMILES string of the molecule is CCCC(CC(C)CC(C)(C)C)NC. The number of hydrogen-bond acceptors (Lipinski definition) is 1. The maximum Gasteiger partial charge on any atom is 0.00665 e. The molecule has 0 bridgehead atoms. The molecule has 1 nitrogen and oxygen atoms in total. The Kier molecular flexibility index (Phi) is 6.43. The van der Waals surface area contributed by atoms with Gasteiger partial charge in [-0.1, -0.05) is 41.0 Å². The standard InChI is InChI=1S/C13H29N/c1-7-8-12(14-6)9-11(2)10-13(3,4)5/h11-12,14H,7-10H2,1-6H3. The Morgan fingerprint density at radius 2 is 1.79 bits per heavy atom. The lowest BCUT2D eigenvalue weighted by Gasteiger charge is -2.26. The zero-order valence-corrected chi connectivity index (χ0v) is 11.0. The summed E-state index contributed by atoms with van der Waals surface area (Å²) in [6.45, 7) is 11.6. The summed E-state index contributed by atoms with van der Waals surface area (Å²) in [4.78, 5) is 0. The van der Waals surface area contributed by atoms with Crippen molar-refractivity contribution < 1.29 is 0 Å². The molecule has 1 N–H and O–H groups in total. The Bertz CT molecular complexity index is 135. The van der Waals surface area contributed by atoms with Crippen LogP contribution in [0.4, 0.5) is 0 Å². The molecule has 0 aromatic rings. The van der Waals surface area contributed by atoms with Crippen molar-refractivity contribution >= 4 is 0 Å². The summed E-state index contributed by atoms with van der Waals surface area (Å²) in [5, 5.41) is 3.42. The first kappa shape index (κ1) is 14.0. The summed E-state index contributed by atoms with van der Waals surface area (Å²) >= 11 is 0. The van der Waals surface area contributed by atoms with E-state index in [1.165, 1.54) is 25.7 Å². The molecule has 0 saturated heterocycles. The predicted molar refractivity (Wildman–Crippen MR) is 65.6 cm³/mol. The fourth-order valence-electron chi connectivity index (χ4n) is 2.34. The molecular weight excluding hydrogens is 170 g/mol. The molecule has 0 aliphatic rings. The van der Waals surface area contributed by atoms with Gasteiger partial charge in [0, 0.05) is 6.04 Å². The molecule has 2 atom stereocenters. The molecule has 14 heavy (non-hydrogen) atoms. The Morgan fingerprint density at radius 3 is 2.14 bits per heavy atom. The van der Waals surface area contributed by atoms with Crippen molar-refractivity contribution in [2.24, 2.45) is 11.3 Å². The third-order valence-corrected chi connectivity index (χ3v) is 2.69. The lowest BCUT2D eigenvalue weighted by Crippen LogP contribution is -2.28. The van der Waals surface area contributed by atoms with E-state index in [9.17, 15) is 0 Å². The number of hydrogen-bond donors (Lipinski definition) is 1. The van der Waals surface area contributed by atoms with E-state index in [0.717, 1.165) is 12.0 Å². The molecular formula is C13H29N. The molecule has 0 aliphatic carbocycles. The molecule has 0 aliphatic heterocycles. The maximum atomic E-state index is 3.42. The third-order valence-electron chi connectivity index (χ3n) is 2.69. The van der Waals surface area contributed by atoms with Crippen LogP contribution in [-0.4, -0.2) is 13.1 Å². The molecule has 0 fully saturated rings. The van der Waals surface area contributed by atoms with Crippen LogP contribution in [-0.2, 0) is 0 Å². The van der Waals surface area contributed by atoms with E-state index in [4.69, 9.17) is 0 Å². The highest BCUT2D eigenvalue weighted by Crippen LogP contribution is 2.27. The first-order valence-corrected chi connectivity index (χ1v) is 6.06. The maximum absolute atomic E-state index is 3.42. The second-order valence-corrected chi connectivity index (χ2v) is 5.88. The first-order chi connectivity index (χ1) is 6.39. The summed E-state index contributed by atoms with van der Waals surface area (Å²) in [6.07, 6.45) is 5.25. The quantitative estimate of drug-likeness (QED) is 0.685. The van der Waals surface area contributed by atoms with E-state index in [0.29, 0.717) is 5.41 Å². The highest BCUT2D eigenvalue weighted by molar-refractivity contribution is 4.72. The summed E-state index contributed by atoms with van der Waals surface area (Å²) in [5.74, 6) is 0.832. The molecule has 0 radical (unpaired) electrons. The minimum atomic E-state index is 0.476. The van der Waals surface area contributed by atoms with E-state index >= 15 is 0 Å². The molecule has 86 valence electrons. The second kappa shape index (κ2) is 6.44. The minimum Gasteiger partial charge on any atom is -0.317 e. The lowest BCUT2D eigenvalue weighted by molar-refractivity contribution is 0.274. The summed E-state index contributed by atoms with van der Waals surface area (Å²) in [5.41, 5.74) is 0.476. The van der Waals surface area contributed by atoms with Crippen LogP contribution >= 0.6 is 0 Å². The average Bonchev–Trinajstić information content (AvgIpc) is 2.00. The van der Waals surface area contributed by atoms with E-state index in [1.54, 1.807) is 0 Å². The summed E-state index contributed by atoms with van der Waals surface area (Å²) < 4.78 is 0. The van der Waals surface area contributed by atoms with Gasteiger partial charge < -0.3 is 5.32 Å². The van der Waals surface area contributed by atoms with Crippen LogP contribution in [0.1, 0.15) is 60.3 Å². The zero-order valence-electron chi connectivity index (χ0n) is 11.0. The van der Waals surface area contributed by atoms with E-state index in [1.807, 2.05) is 0 Å². The topological polar surface area (TPSA) is 12.0 Å². The van der Waals surface area contributed by atoms with Crippen LogP contribution < -0.4 is 5.32 Å². The van der Waals surface area contributed by atoms with E-state index in [2.05, 4.69) is 47.0 Å². The Balaban J connectivity index is 3.84. The van der Waals surface area contributed by atoms with Crippen molar-refractivity contribution in [1.29, 1.82) is 0 Å². The smallest absolute Gasteiger partial charge is 0.00665 e.